The molecule has 0 saturated heterocycles. The van der Waals surface area contributed by atoms with Crippen molar-refractivity contribution in [1.29, 1.82) is 0 Å². The zero-order valence-corrected chi connectivity index (χ0v) is 8.50. The zero-order chi connectivity index (χ0) is 10.1. The van der Waals surface area contributed by atoms with Crippen LogP contribution in [0.4, 0.5) is 5.69 Å². The van der Waals surface area contributed by atoms with Gasteiger partial charge in [-0.1, -0.05) is 30.4 Å². The minimum absolute atomic E-state index is 0.357. The van der Waals surface area contributed by atoms with E-state index in [1.807, 2.05) is 24.3 Å². The lowest BCUT2D eigenvalue weighted by atomic mass is 10.2. The molecule has 0 aliphatic carbocycles. The van der Waals surface area contributed by atoms with Crippen molar-refractivity contribution >= 4 is 28.9 Å². The molecule has 72 valence electrons. The third-order valence-electron chi connectivity index (χ3n) is 2.00. The summed E-state index contributed by atoms with van der Waals surface area (Å²) in [6.07, 6.45) is 0.665. The van der Waals surface area contributed by atoms with E-state index in [0.29, 0.717) is 11.4 Å². The fraction of sp³-hybridized carbons (Fsp3) is 0.200. The number of fused-ring (bicyclic) bond motifs is 1. The van der Waals surface area contributed by atoms with Gasteiger partial charge in [-0.05, 0) is 11.6 Å². The summed E-state index contributed by atoms with van der Waals surface area (Å²) in [5.41, 5.74) is 1.96. The van der Waals surface area contributed by atoms with Crippen molar-refractivity contribution in [3.8, 4) is 0 Å². The van der Waals surface area contributed by atoms with E-state index in [0.717, 1.165) is 11.3 Å². The smallest absolute Gasteiger partial charge is 0.329 e. The number of hydrogen-bond acceptors (Lipinski definition) is 3. The molecule has 2 rings (SSSR count). The quantitative estimate of drug-likeness (QED) is 0.657. The van der Waals surface area contributed by atoms with Crippen LogP contribution in [0.2, 0.25) is 0 Å². The van der Waals surface area contributed by atoms with Gasteiger partial charge in [0.1, 0.15) is 4.99 Å². The molecule has 1 aromatic rings. The van der Waals surface area contributed by atoms with Gasteiger partial charge in [-0.3, -0.25) is 0 Å². The Balaban J connectivity index is 2.34. The van der Waals surface area contributed by atoms with E-state index in [1.54, 1.807) is 0 Å². The molecule has 0 radical (unpaired) electrons. The normalized spacial score (nSPS) is 14.1. The van der Waals surface area contributed by atoms with E-state index in [9.17, 15) is 4.79 Å². The maximum atomic E-state index is 10.8. The van der Waals surface area contributed by atoms with Gasteiger partial charge < -0.3 is 4.84 Å². The minimum atomic E-state index is -0.357. The van der Waals surface area contributed by atoms with Crippen molar-refractivity contribution < 1.29 is 9.63 Å². The second kappa shape index (κ2) is 3.38. The first kappa shape index (κ1) is 9.15. The molecule has 0 atom stereocenters. The molecular formula is C10H9NO2S. The maximum Gasteiger partial charge on any atom is 0.329 e. The number of nitrogens with zero attached hydrogens (tertiary/aromatic N) is 1. The van der Waals surface area contributed by atoms with Gasteiger partial charge in [0.15, 0.2) is 0 Å². The number of rotatable bonds is 1. The molecule has 4 heteroatoms. The SMILES string of the molecule is CC(=O)ON1C(=S)Cc2ccccc21. The summed E-state index contributed by atoms with van der Waals surface area (Å²) in [5.74, 6) is -0.357. The molecule has 0 N–H and O–H groups in total. The molecule has 1 heterocycles. The predicted molar refractivity (Wildman–Crippen MR) is 57.0 cm³/mol. The van der Waals surface area contributed by atoms with E-state index in [2.05, 4.69) is 0 Å². The van der Waals surface area contributed by atoms with E-state index < -0.39 is 0 Å². The minimum Gasteiger partial charge on any atom is -0.336 e. The summed E-state index contributed by atoms with van der Waals surface area (Å²) in [7, 11) is 0. The number of hydroxylamine groups is 1. The molecule has 3 nitrogen and oxygen atoms in total. The fourth-order valence-electron chi connectivity index (χ4n) is 1.46. The highest BCUT2D eigenvalue weighted by molar-refractivity contribution is 7.80. The van der Waals surface area contributed by atoms with Gasteiger partial charge in [0, 0.05) is 13.3 Å². The van der Waals surface area contributed by atoms with Gasteiger partial charge in [0.2, 0.25) is 0 Å². The van der Waals surface area contributed by atoms with Crippen LogP contribution in [-0.4, -0.2) is 11.0 Å². The summed E-state index contributed by atoms with van der Waals surface area (Å²) >= 11 is 5.11. The van der Waals surface area contributed by atoms with Gasteiger partial charge >= 0.3 is 5.97 Å². The van der Waals surface area contributed by atoms with Crippen molar-refractivity contribution in [1.82, 2.24) is 0 Å². The van der Waals surface area contributed by atoms with Crippen LogP contribution in [0.1, 0.15) is 12.5 Å². The highest BCUT2D eigenvalue weighted by atomic mass is 32.1. The van der Waals surface area contributed by atoms with Gasteiger partial charge in [-0.15, -0.1) is 0 Å². The van der Waals surface area contributed by atoms with Crippen LogP contribution in [0.5, 0.6) is 0 Å². The van der Waals surface area contributed by atoms with Crippen LogP contribution in [-0.2, 0) is 16.1 Å². The molecule has 1 aliphatic heterocycles. The monoisotopic (exact) mass is 207 g/mol. The Kier molecular flexibility index (Phi) is 2.21. The maximum absolute atomic E-state index is 10.8. The van der Waals surface area contributed by atoms with Crippen LogP contribution < -0.4 is 5.06 Å². The summed E-state index contributed by atoms with van der Waals surface area (Å²) in [6.45, 7) is 1.36. The van der Waals surface area contributed by atoms with Gasteiger partial charge in [0.25, 0.3) is 0 Å². The molecule has 0 bridgehead atoms. The lowest BCUT2D eigenvalue weighted by Crippen LogP contribution is -2.27. The summed E-state index contributed by atoms with van der Waals surface area (Å²) in [6, 6.07) is 7.70. The van der Waals surface area contributed by atoms with Gasteiger partial charge in [0.05, 0.1) is 5.69 Å². The van der Waals surface area contributed by atoms with Crippen molar-refractivity contribution in [3.05, 3.63) is 29.8 Å². The van der Waals surface area contributed by atoms with Crippen molar-refractivity contribution in [2.75, 3.05) is 5.06 Å². The van der Waals surface area contributed by atoms with E-state index >= 15 is 0 Å². The highest BCUT2D eigenvalue weighted by Crippen LogP contribution is 2.29. The number of carbonyl (C=O) groups is 1. The second-order valence-electron chi connectivity index (χ2n) is 3.08. The number of hydrogen-bond donors (Lipinski definition) is 0. The Hall–Kier alpha value is -1.42. The Labute approximate surface area is 87.2 Å². The Morgan fingerprint density at radius 1 is 1.50 bits per heavy atom. The fourth-order valence-corrected chi connectivity index (χ4v) is 1.75. The molecule has 0 unspecified atom stereocenters. The first-order valence-corrected chi connectivity index (χ1v) is 4.68. The molecular weight excluding hydrogens is 198 g/mol. The Morgan fingerprint density at radius 3 is 2.93 bits per heavy atom. The third-order valence-corrected chi connectivity index (χ3v) is 2.31. The van der Waals surface area contributed by atoms with Crippen molar-refractivity contribution in [2.24, 2.45) is 0 Å². The Morgan fingerprint density at radius 2 is 2.21 bits per heavy atom. The largest absolute Gasteiger partial charge is 0.336 e. The van der Waals surface area contributed by atoms with Crippen LogP contribution in [0.25, 0.3) is 0 Å². The molecule has 1 aliphatic rings. The van der Waals surface area contributed by atoms with Crippen LogP contribution >= 0.6 is 12.2 Å². The standard InChI is InChI=1S/C10H9NO2S/c1-7(12)13-11-9-5-3-2-4-8(9)6-10(11)14/h2-5H,6H2,1H3. The van der Waals surface area contributed by atoms with E-state index in [1.165, 1.54) is 12.0 Å². The van der Waals surface area contributed by atoms with Crippen LogP contribution in [0.15, 0.2) is 24.3 Å². The molecule has 14 heavy (non-hydrogen) atoms. The van der Waals surface area contributed by atoms with Crippen LogP contribution in [0.3, 0.4) is 0 Å². The summed E-state index contributed by atoms with van der Waals surface area (Å²) in [5, 5.41) is 1.42. The van der Waals surface area contributed by atoms with E-state index in [4.69, 9.17) is 17.1 Å². The number of anilines is 1. The zero-order valence-electron chi connectivity index (χ0n) is 7.69. The predicted octanol–water partition coefficient (Wildman–Crippen LogP) is 1.85. The Bertz CT molecular complexity index is 403. The van der Waals surface area contributed by atoms with Crippen molar-refractivity contribution in [3.63, 3.8) is 0 Å². The second-order valence-corrected chi connectivity index (χ2v) is 3.55. The first-order chi connectivity index (χ1) is 6.68. The number of benzene rings is 1. The summed E-state index contributed by atoms with van der Waals surface area (Å²) in [4.78, 5) is 16.5. The van der Waals surface area contributed by atoms with Gasteiger partial charge in [-0.2, -0.15) is 5.06 Å². The summed E-state index contributed by atoms with van der Waals surface area (Å²) < 4.78 is 0. The third kappa shape index (κ3) is 1.48. The van der Waals surface area contributed by atoms with Crippen LogP contribution in [0, 0.1) is 0 Å². The average molecular weight is 207 g/mol. The van der Waals surface area contributed by atoms with Crippen molar-refractivity contribution in [2.45, 2.75) is 13.3 Å². The molecule has 0 saturated carbocycles. The first-order valence-electron chi connectivity index (χ1n) is 4.28. The molecule has 0 fully saturated rings. The average Bonchev–Trinajstić information content (AvgIpc) is 2.43. The molecule has 0 spiro atoms. The van der Waals surface area contributed by atoms with E-state index in [-0.39, 0.29) is 5.97 Å². The lowest BCUT2D eigenvalue weighted by molar-refractivity contribution is -0.140. The molecule has 0 amide bonds. The lowest BCUT2D eigenvalue weighted by Gasteiger charge is -2.16. The number of thiocarbonyl (C=S) groups is 1. The highest BCUT2D eigenvalue weighted by Gasteiger charge is 2.26. The number of carbonyl (C=O) groups excluding carboxylic acids is 1. The molecule has 0 aromatic heterocycles. The number of para-hydroxylation sites is 1. The topological polar surface area (TPSA) is 29.5 Å². The molecule has 1 aromatic carbocycles. The van der Waals surface area contributed by atoms with Gasteiger partial charge in [-0.25, -0.2) is 4.79 Å².